The molecule has 0 aliphatic carbocycles. The van der Waals surface area contributed by atoms with Gasteiger partial charge in [-0.3, -0.25) is 9.59 Å². The van der Waals surface area contributed by atoms with Crippen molar-refractivity contribution in [3.63, 3.8) is 0 Å². The fraction of sp³-hybridized carbons (Fsp3) is 0.304. The van der Waals surface area contributed by atoms with Crippen molar-refractivity contribution in [2.75, 3.05) is 27.3 Å². The van der Waals surface area contributed by atoms with Crippen LogP contribution in [0.25, 0.3) is 0 Å². The van der Waals surface area contributed by atoms with Crippen LogP contribution in [-0.2, 0) is 14.9 Å². The molecule has 30 heavy (non-hydrogen) atoms. The number of primary amides is 1. The van der Waals surface area contributed by atoms with Gasteiger partial charge >= 0.3 is 0 Å². The SMILES string of the molecule is CN(C)C=CC(=O)c1ccc(Sc2cccc(C3(C(N)=O)CCOCC3)c2)c(F)c1. The van der Waals surface area contributed by atoms with E-state index in [1.54, 1.807) is 37.3 Å². The van der Waals surface area contributed by atoms with Gasteiger partial charge in [-0.1, -0.05) is 23.9 Å². The van der Waals surface area contributed by atoms with Crippen molar-refractivity contribution >= 4 is 23.5 Å². The average molecular weight is 429 g/mol. The van der Waals surface area contributed by atoms with Crippen LogP contribution >= 0.6 is 11.8 Å². The zero-order valence-corrected chi connectivity index (χ0v) is 17.9. The number of benzene rings is 2. The number of hydrogen-bond donors (Lipinski definition) is 1. The third kappa shape index (κ3) is 4.91. The number of rotatable bonds is 7. The molecule has 2 aromatic rings. The maximum atomic E-state index is 14.7. The van der Waals surface area contributed by atoms with Crippen LogP contribution in [0.4, 0.5) is 4.39 Å². The van der Waals surface area contributed by atoms with Crippen molar-refractivity contribution < 1.29 is 18.7 Å². The fourth-order valence-electron chi connectivity index (χ4n) is 3.43. The van der Waals surface area contributed by atoms with E-state index in [0.717, 1.165) is 10.5 Å². The zero-order chi connectivity index (χ0) is 21.7. The normalized spacial score (nSPS) is 15.8. The molecule has 158 valence electrons. The summed E-state index contributed by atoms with van der Waals surface area (Å²) in [5.41, 5.74) is 6.10. The summed E-state index contributed by atoms with van der Waals surface area (Å²) in [5, 5.41) is 0. The summed E-state index contributed by atoms with van der Waals surface area (Å²) in [7, 11) is 3.61. The maximum absolute atomic E-state index is 14.7. The first-order valence-corrected chi connectivity index (χ1v) is 10.5. The number of halogens is 1. The van der Waals surface area contributed by atoms with E-state index in [1.807, 2.05) is 24.3 Å². The summed E-state index contributed by atoms with van der Waals surface area (Å²) in [5.74, 6) is -1.10. The quantitative estimate of drug-likeness (QED) is 0.537. The summed E-state index contributed by atoms with van der Waals surface area (Å²) in [6.07, 6.45) is 4.09. The Kier molecular flexibility index (Phi) is 6.95. The van der Waals surface area contributed by atoms with Gasteiger partial charge in [0.05, 0.1) is 5.41 Å². The lowest BCUT2D eigenvalue weighted by atomic mass is 9.73. The van der Waals surface area contributed by atoms with Crippen molar-refractivity contribution in [2.45, 2.75) is 28.0 Å². The number of ether oxygens (including phenoxy) is 1. The van der Waals surface area contributed by atoms with Gasteiger partial charge in [-0.05, 0) is 48.7 Å². The summed E-state index contributed by atoms with van der Waals surface area (Å²) in [4.78, 5) is 27.3. The third-order valence-corrected chi connectivity index (χ3v) is 6.21. The molecule has 2 aromatic carbocycles. The molecular weight excluding hydrogens is 403 g/mol. The summed E-state index contributed by atoms with van der Waals surface area (Å²) < 4.78 is 20.1. The van der Waals surface area contributed by atoms with Crippen LogP contribution in [0.1, 0.15) is 28.8 Å². The number of ketones is 1. The first kappa shape index (κ1) is 22.1. The molecule has 0 bridgehead atoms. The van der Waals surface area contributed by atoms with Gasteiger partial charge in [0.2, 0.25) is 5.91 Å². The lowest BCUT2D eigenvalue weighted by molar-refractivity contribution is -0.127. The predicted octanol–water partition coefficient (Wildman–Crippen LogP) is 3.77. The molecule has 1 aliphatic heterocycles. The Morgan fingerprint density at radius 2 is 1.90 bits per heavy atom. The van der Waals surface area contributed by atoms with Crippen molar-refractivity contribution in [3.8, 4) is 0 Å². The van der Waals surface area contributed by atoms with Gasteiger partial charge in [-0.2, -0.15) is 0 Å². The molecule has 0 spiro atoms. The highest BCUT2D eigenvalue weighted by Gasteiger charge is 2.40. The standard InChI is InChI=1S/C23H25FN2O3S/c1-26(2)11-8-20(27)16-6-7-21(19(24)14-16)30-18-5-3-4-17(15-18)23(22(25)28)9-12-29-13-10-23/h3-8,11,14-15H,9-10,12-13H2,1-2H3,(H2,25,28). The second-order valence-electron chi connectivity index (χ2n) is 7.48. The van der Waals surface area contributed by atoms with Crippen LogP contribution in [0.5, 0.6) is 0 Å². The van der Waals surface area contributed by atoms with Crippen molar-refractivity contribution in [3.05, 3.63) is 71.7 Å². The van der Waals surface area contributed by atoms with Gasteiger partial charge in [0, 0.05) is 54.9 Å². The van der Waals surface area contributed by atoms with E-state index in [0.29, 0.717) is 36.5 Å². The van der Waals surface area contributed by atoms with Crippen molar-refractivity contribution in [1.29, 1.82) is 0 Å². The third-order valence-electron chi connectivity index (χ3n) is 5.17. The van der Waals surface area contributed by atoms with E-state index < -0.39 is 11.2 Å². The molecule has 0 atom stereocenters. The largest absolute Gasteiger partial charge is 0.383 e. The smallest absolute Gasteiger partial charge is 0.228 e. The van der Waals surface area contributed by atoms with Crippen LogP contribution in [0.3, 0.4) is 0 Å². The number of carbonyl (C=O) groups is 2. The lowest BCUT2D eigenvalue weighted by Crippen LogP contribution is -2.45. The number of nitrogens with two attached hydrogens (primary N) is 1. The molecule has 2 N–H and O–H groups in total. The monoisotopic (exact) mass is 428 g/mol. The highest BCUT2D eigenvalue weighted by Crippen LogP contribution is 2.38. The Hall–Kier alpha value is -2.64. The predicted molar refractivity (Wildman–Crippen MR) is 115 cm³/mol. The molecular formula is C23H25FN2O3S. The fourth-order valence-corrected chi connectivity index (χ4v) is 4.31. The molecule has 1 aliphatic rings. The highest BCUT2D eigenvalue weighted by molar-refractivity contribution is 7.99. The van der Waals surface area contributed by atoms with Crippen LogP contribution in [0.2, 0.25) is 0 Å². The molecule has 7 heteroatoms. The highest BCUT2D eigenvalue weighted by atomic mass is 32.2. The van der Waals surface area contributed by atoms with Gasteiger partial charge in [0.15, 0.2) is 5.78 Å². The number of amides is 1. The van der Waals surface area contributed by atoms with Gasteiger partial charge in [-0.15, -0.1) is 0 Å². The van der Waals surface area contributed by atoms with E-state index in [2.05, 4.69) is 0 Å². The van der Waals surface area contributed by atoms with E-state index in [9.17, 15) is 14.0 Å². The van der Waals surface area contributed by atoms with Gasteiger partial charge in [-0.25, -0.2) is 4.39 Å². The molecule has 0 saturated carbocycles. The van der Waals surface area contributed by atoms with Gasteiger partial charge in [0.1, 0.15) is 5.82 Å². The minimum atomic E-state index is -0.761. The van der Waals surface area contributed by atoms with Crippen molar-refractivity contribution in [2.24, 2.45) is 5.73 Å². The Morgan fingerprint density at radius 1 is 1.17 bits per heavy atom. The topological polar surface area (TPSA) is 72.6 Å². The Morgan fingerprint density at radius 3 is 2.53 bits per heavy atom. The van der Waals surface area contributed by atoms with Crippen LogP contribution in [0, 0.1) is 5.82 Å². The number of hydrogen-bond acceptors (Lipinski definition) is 5. The second-order valence-corrected chi connectivity index (χ2v) is 8.59. The number of carbonyl (C=O) groups excluding carboxylic acids is 2. The Bertz CT molecular complexity index is 969. The van der Waals surface area contributed by atoms with Crippen LogP contribution < -0.4 is 5.73 Å². The minimum Gasteiger partial charge on any atom is -0.383 e. The molecule has 3 rings (SSSR count). The Labute approximate surface area is 180 Å². The van der Waals surface area contributed by atoms with E-state index in [1.165, 1.54) is 23.9 Å². The van der Waals surface area contributed by atoms with E-state index in [-0.39, 0.29) is 11.7 Å². The number of nitrogens with zero attached hydrogens (tertiary/aromatic N) is 1. The molecule has 1 saturated heterocycles. The molecule has 1 fully saturated rings. The van der Waals surface area contributed by atoms with E-state index in [4.69, 9.17) is 10.5 Å². The second kappa shape index (κ2) is 9.45. The molecule has 5 nitrogen and oxygen atoms in total. The zero-order valence-electron chi connectivity index (χ0n) is 17.1. The molecule has 1 amide bonds. The molecule has 0 radical (unpaired) electrons. The van der Waals surface area contributed by atoms with Gasteiger partial charge < -0.3 is 15.4 Å². The maximum Gasteiger partial charge on any atom is 0.228 e. The minimum absolute atomic E-state index is 0.260. The molecule has 1 heterocycles. The van der Waals surface area contributed by atoms with Crippen LogP contribution in [0.15, 0.2) is 64.5 Å². The summed E-state index contributed by atoms with van der Waals surface area (Å²) in [6, 6.07) is 11.9. The van der Waals surface area contributed by atoms with Crippen LogP contribution in [-0.4, -0.2) is 43.9 Å². The average Bonchev–Trinajstić information content (AvgIpc) is 2.74. The van der Waals surface area contributed by atoms with E-state index >= 15 is 0 Å². The summed E-state index contributed by atoms with van der Waals surface area (Å²) >= 11 is 1.25. The molecule has 0 unspecified atom stereocenters. The molecule has 0 aromatic heterocycles. The first-order valence-electron chi connectivity index (χ1n) is 9.66. The van der Waals surface area contributed by atoms with Crippen molar-refractivity contribution in [1.82, 2.24) is 4.90 Å². The lowest BCUT2D eigenvalue weighted by Gasteiger charge is -2.34. The Balaban J connectivity index is 1.83. The number of allylic oxidation sites excluding steroid dienone is 1. The van der Waals surface area contributed by atoms with Gasteiger partial charge in [0.25, 0.3) is 0 Å². The summed E-state index contributed by atoms with van der Waals surface area (Å²) in [6.45, 7) is 0.958. The first-order chi connectivity index (χ1) is 14.3.